The first kappa shape index (κ1) is 31.0. The summed E-state index contributed by atoms with van der Waals surface area (Å²) in [6.45, 7) is 17.5. The quantitative estimate of drug-likeness (QED) is 0.215. The Morgan fingerprint density at radius 2 is 2.00 bits per heavy atom. The number of carbonyl (C=O) groups excluding carboxylic acids is 3. The largest absolute Gasteiger partial charge is 0.465 e. The van der Waals surface area contributed by atoms with E-state index in [1.807, 2.05) is 52.8 Å². The lowest BCUT2D eigenvalue weighted by Crippen LogP contribution is -2.60. The molecule has 224 valence electrons. The van der Waals surface area contributed by atoms with Crippen LogP contribution >= 0.6 is 0 Å². The molecule has 3 aliphatic rings. The summed E-state index contributed by atoms with van der Waals surface area (Å²) in [4.78, 5) is 46.1. The van der Waals surface area contributed by atoms with Crippen LogP contribution in [0.3, 0.4) is 0 Å². The first-order chi connectivity index (χ1) is 19.5. The molecule has 0 radical (unpaired) electrons. The number of anilines is 1. The van der Waals surface area contributed by atoms with Crippen LogP contribution in [0.4, 0.5) is 5.69 Å². The molecule has 2 bridgehead atoms. The minimum Gasteiger partial charge on any atom is -0.465 e. The van der Waals surface area contributed by atoms with Crippen LogP contribution in [-0.4, -0.2) is 70.8 Å². The zero-order chi connectivity index (χ0) is 30.1. The molecule has 1 aromatic rings. The second-order valence-electron chi connectivity index (χ2n) is 12.2. The average Bonchev–Trinajstić information content (AvgIpc) is 3.52. The maximum atomic E-state index is 14.8. The molecule has 4 rings (SSSR count). The number of hydrogen-bond acceptors (Lipinski definition) is 6. The maximum Gasteiger partial charge on any atom is 0.312 e. The van der Waals surface area contributed by atoms with Gasteiger partial charge >= 0.3 is 5.97 Å². The van der Waals surface area contributed by atoms with Crippen molar-refractivity contribution in [2.45, 2.75) is 90.0 Å². The van der Waals surface area contributed by atoms with Crippen LogP contribution in [0, 0.1) is 31.6 Å². The highest BCUT2D eigenvalue weighted by Gasteiger charge is 2.79. The molecule has 7 atom stereocenters. The molecule has 8 heteroatoms. The van der Waals surface area contributed by atoms with Crippen molar-refractivity contribution in [3.8, 4) is 0 Å². The highest BCUT2D eigenvalue weighted by molar-refractivity contribution is 6.05. The number of aliphatic hydroxyl groups excluding tert-OH is 1. The number of allylic oxidation sites excluding steroid dienone is 1. The summed E-state index contributed by atoms with van der Waals surface area (Å²) in [7, 11) is 0. The first-order valence-corrected chi connectivity index (χ1v) is 14.9. The minimum atomic E-state index is -1.20. The summed E-state index contributed by atoms with van der Waals surface area (Å²) in [5.74, 6) is -2.87. The molecule has 3 heterocycles. The van der Waals surface area contributed by atoms with Crippen LogP contribution in [0.15, 0.2) is 43.5 Å². The molecule has 0 saturated carbocycles. The van der Waals surface area contributed by atoms with E-state index < -0.39 is 41.1 Å². The number of unbranched alkanes of at least 4 members (excludes halogenated alkanes) is 1. The van der Waals surface area contributed by atoms with Crippen molar-refractivity contribution < 1.29 is 29.0 Å². The molecule has 8 nitrogen and oxygen atoms in total. The topological polar surface area (TPSA) is 96.4 Å². The number of amides is 2. The predicted molar refractivity (Wildman–Crippen MR) is 158 cm³/mol. The molecular weight excluding hydrogens is 520 g/mol. The first-order valence-electron chi connectivity index (χ1n) is 14.9. The number of aliphatic hydroxyl groups is 1. The van der Waals surface area contributed by atoms with Gasteiger partial charge in [0.1, 0.15) is 17.6 Å². The number of nitrogens with zero attached hydrogens (tertiary/aromatic N) is 2. The van der Waals surface area contributed by atoms with Gasteiger partial charge in [-0.15, -0.1) is 13.2 Å². The van der Waals surface area contributed by atoms with Crippen LogP contribution in [0.5, 0.6) is 0 Å². The molecule has 2 unspecified atom stereocenters. The maximum absolute atomic E-state index is 14.8. The van der Waals surface area contributed by atoms with Gasteiger partial charge in [0.05, 0.1) is 30.8 Å². The van der Waals surface area contributed by atoms with E-state index in [4.69, 9.17) is 9.47 Å². The average molecular weight is 567 g/mol. The van der Waals surface area contributed by atoms with Gasteiger partial charge < -0.3 is 24.4 Å². The van der Waals surface area contributed by atoms with Crippen molar-refractivity contribution in [1.29, 1.82) is 0 Å². The van der Waals surface area contributed by atoms with Crippen LogP contribution in [0.25, 0.3) is 0 Å². The summed E-state index contributed by atoms with van der Waals surface area (Å²) in [5, 5.41) is 10.6. The lowest BCUT2D eigenvalue weighted by atomic mass is 9.66. The van der Waals surface area contributed by atoms with Crippen molar-refractivity contribution in [2.75, 3.05) is 24.7 Å². The van der Waals surface area contributed by atoms with E-state index >= 15 is 0 Å². The van der Waals surface area contributed by atoms with Gasteiger partial charge in [0.15, 0.2) is 0 Å². The number of esters is 1. The Bertz CT molecular complexity index is 1200. The molecule has 3 fully saturated rings. The van der Waals surface area contributed by atoms with Crippen molar-refractivity contribution >= 4 is 23.5 Å². The number of hydrogen-bond donors (Lipinski definition) is 1. The number of fused-ring (bicyclic) bond motifs is 1. The van der Waals surface area contributed by atoms with Gasteiger partial charge in [-0.1, -0.05) is 44.6 Å². The van der Waals surface area contributed by atoms with Crippen LogP contribution in [0.1, 0.15) is 64.0 Å². The van der Waals surface area contributed by atoms with Crippen molar-refractivity contribution in [3.05, 3.63) is 54.6 Å². The van der Waals surface area contributed by atoms with Crippen LogP contribution < -0.4 is 4.90 Å². The van der Waals surface area contributed by atoms with Gasteiger partial charge in [0.2, 0.25) is 5.91 Å². The zero-order valence-electron chi connectivity index (χ0n) is 25.2. The van der Waals surface area contributed by atoms with E-state index in [1.165, 1.54) is 0 Å². The number of carbonyl (C=O) groups is 3. The fourth-order valence-corrected chi connectivity index (χ4v) is 7.26. The minimum absolute atomic E-state index is 0.0832. The summed E-state index contributed by atoms with van der Waals surface area (Å²) in [6, 6.07) is 4.31. The van der Waals surface area contributed by atoms with Crippen LogP contribution in [-0.2, 0) is 23.9 Å². The molecule has 3 aliphatic heterocycles. The third-order valence-corrected chi connectivity index (χ3v) is 9.58. The Morgan fingerprint density at radius 1 is 1.27 bits per heavy atom. The highest BCUT2D eigenvalue weighted by atomic mass is 16.6. The summed E-state index contributed by atoms with van der Waals surface area (Å²) < 4.78 is 12.4. The number of benzene rings is 1. The number of ether oxygens (including phenoxy) is 2. The highest BCUT2D eigenvalue weighted by Crippen LogP contribution is 2.64. The Labute approximate surface area is 244 Å². The lowest BCUT2D eigenvalue weighted by molar-refractivity contribution is -0.161. The van der Waals surface area contributed by atoms with Gasteiger partial charge in [-0.3, -0.25) is 14.4 Å². The third-order valence-electron chi connectivity index (χ3n) is 9.58. The number of rotatable bonds is 13. The Balaban J connectivity index is 1.83. The standard InChI is InChI=1S/C33H46N2O6/c1-8-11-12-18-40-31(39)27-26-29(37)35(25(20-36)22(5)10-3)28(33(26)16-15-32(27,7)41-33)30(38)34(17-9-2)24-19-21(4)13-14-23(24)6/h8-9,13-14,19,22,25-28,36H,1-2,10-12,15-18,20H2,3-7H3/t22-,25-,26-,27-,28?,32+,33?/m0/s1. The number of aryl methyl sites for hydroxylation is 2. The molecule has 1 spiro atoms. The monoisotopic (exact) mass is 566 g/mol. The summed E-state index contributed by atoms with van der Waals surface area (Å²) in [5.41, 5.74) is 0.532. The Morgan fingerprint density at radius 3 is 2.63 bits per heavy atom. The molecule has 41 heavy (non-hydrogen) atoms. The second-order valence-corrected chi connectivity index (χ2v) is 12.2. The van der Waals surface area contributed by atoms with Gasteiger partial charge in [-0.05, 0) is 69.6 Å². The van der Waals surface area contributed by atoms with E-state index in [0.29, 0.717) is 32.1 Å². The van der Waals surface area contributed by atoms with E-state index in [9.17, 15) is 19.5 Å². The van der Waals surface area contributed by atoms with E-state index in [1.54, 1.807) is 22.0 Å². The van der Waals surface area contributed by atoms with Crippen molar-refractivity contribution in [3.63, 3.8) is 0 Å². The van der Waals surface area contributed by atoms with Gasteiger partial charge in [0.25, 0.3) is 5.91 Å². The predicted octanol–water partition coefficient (Wildman–Crippen LogP) is 4.50. The van der Waals surface area contributed by atoms with E-state index in [-0.39, 0.29) is 37.5 Å². The SMILES string of the molecule is C=CCCCOC(=O)[C@@H]1[C@H]2C(=O)N([C@@H](CO)[C@@H](C)CC)C(C(=O)N(CC=C)c3cc(C)ccc3C)C23CC[C@@]1(C)O3. The summed E-state index contributed by atoms with van der Waals surface area (Å²) >= 11 is 0. The molecule has 1 aromatic carbocycles. The van der Waals surface area contributed by atoms with E-state index in [2.05, 4.69) is 13.2 Å². The molecule has 2 amide bonds. The fraction of sp³-hybridized carbons (Fsp3) is 0.606. The van der Waals surface area contributed by atoms with Crippen LogP contribution in [0.2, 0.25) is 0 Å². The smallest absolute Gasteiger partial charge is 0.312 e. The van der Waals surface area contributed by atoms with Gasteiger partial charge in [-0.2, -0.15) is 0 Å². The summed E-state index contributed by atoms with van der Waals surface area (Å²) in [6.07, 6.45) is 6.49. The number of likely N-dealkylation sites (tertiary alicyclic amines) is 1. The normalized spacial score (nSPS) is 29.7. The molecular formula is C33H46N2O6. The molecule has 0 aliphatic carbocycles. The zero-order valence-corrected chi connectivity index (χ0v) is 25.2. The molecule has 0 aromatic heterocycles. The van der Waals surface area contributed by atoms with Gasteiger partial charge in [-0.25, -0.2) is 0 Å². The van der Waals surface area contributed by atoms with Crippen molar-refractivity contribution in [1.82, 2.24) is 4.90 Å². The van der Waals surface area contributed by atoms with Gasteiger partial charge in [0, 0.05) is 12.2 Å². The Kier molecular flexibility index (Phi) is 9.14. The lowest BCUT2D eigenvalue weighted by Gasteiger charge is -2.41. The molecule has 1 N–H and O–H groups in total. The Hall–Kier alpha value is -2.97. The van der Waals surface area contributed by atoms with E-state index in [0.717, 1.165) is 16.8 Å². The third kappa shape index (κ3) is 5.14. The second kappa shape index (κ2) is 12.1. The van der Waals surface area contributed by atoms with Crippen molar-refractivity contribution in [2.24, 2.45) is 17.8 Å². The molecule has 3 saturated heterocycles. The fourth-order valence-electron chi connectivity index (χ4n) is 7.26.